The molecule has 2 aromatic rings. The number of aliphatic carboxylic acids is 1. The van der Waals surface area contributed by atoms with E-state index in [4.69, 9.17) is 14.6 Å². The predicted molar refractivity (Wildman–Crippen MR) is 123 cm³/mol. The van der Waals surface area contributed by atoms with Crippen LogP contribution in [0.15, 0.2) is 36.7 Å². The van der Waals surface area contributed by atoms with E-state index in [2.05, 4.69) is 57.4 Å². The number of nitrogens with zero attached hydrogens (tertiary/aromatic N) is 3. The highest BCUT2D eigenvalue weighted by Gasteiger charge is 2.38. The van der Waals surface area contributed by atoms with Gasteiger partial charge in [-0.15, -0.1) is 0 Å². The van der Waals surface area contributed by atoms with Gasteiger partial charge in [0.2, 0.25) is 0 Å². The zero-order valence-electron chi connectivity index (χ0n) is 19.4. The molecule has 1 aliphatic heterocycles. The van der Waals surface area contributed by atoms with E-state index < -0.39 is 12.1 Å². The highest BCUT2D eigenvalue weighted by molar-refractivity contribution is 5.73. The lowest BCUT2D eigenvalue weighted by Crippen LogP contribution is -2.38. The smallest absolute Gasteiger partial charge is 0.475 e. The first-order chi connectivity index (χ1) is 16.2. The second-order valence-electron chi connectivity index (χ2n) is 8.73. The lowest BCUT2D eigenvalue weighted by atomic mass is 9.96. The van der Waals surface area contributed by atoms with Crippen molar-refractivity contribution in [1.29, 1.82) is 0 Å². The fourth-order valence-corrected chi connectivity index (χ4v) is 4.30. The van der Waals surface area contributed by atoms with Crippen LogP contribution in [0.1, 0.15) is 62.2 Å². The van der Waals surface area contributed by atoms with Crippen molar-refractivity contribution < 1.29 is 27.8 Å². The summed E-state index contributed by atoms with van der Waals surface area (Å²) in [4.78, 5) is 11.4. The van der Waals surface area contributed by atoms with Crippen LogP contribution in [0.3, 0.4) is 0 Å². The molecule has 1 aliphatic carbocycles. The van der Waals surface area contributed by atoms with Gasteiger partial charge >= 0.3 is 12.1 Å². The van der Waals surface area contributed by atoms with Gasteiger partial charge in [-0.25, -0.2) is 4.79 Å². The number of hydrogen-bond donors (Lipinski definition) is 2. The second-order valence-corrected chi connectivity index (χ2v) is 8.73. The minimum absolute atomic E-state index is 0.421. The predicted octanol–water partition coefficient (Wildman–Crippen LogP) is 5.03. The summed E-state index contributed by atoms with van der Waals surface area (Å²) in [5, 5.41) is 15.3. The van der Waals surface area contributed by atoms with Crippen LogP contribution >= 0.6 is 0 Å². The van der Waals surface area contributed by atoms with Gasteiger partial charge in [0, 0.05) is 43.1 Å². The fourth-order valence-electron chi connectivity index (χ4n) is 4.30. The normalized spacial score (nSPS) is 18.6. The van der Waals surface area contributed by atoms with E-state index in [1.54, 1.807) is 0 Å². The first-order valence-corrected chi connectivity index (χ1v) is 11.7. The van der Waals surface area contributed by atoms with Crippen molar-refractivity contribution >= 4 is 11.7 Å². The molecule has 2 N–H and O–H groups in total. The third-order valence-corrected chi connectivity index (χ3v) is 6.31. The van der Waals surface area contributed by atoms with Crippen LogP contribution in [-0.4, -0.2) is 58.2 Å². The number of morpholine rings is 1. The minimum Gasteiger partial charge on any atom is -0.475 e. The molecule has 1 saturated heterocycles. The van der Waals surface area contributed by atoms with Gasteiger partial charge < -0.3 is 15.2 Å². The Hall–Kier alpha value is -2.59. The number of aromatic nitrogens is 2. The molecule has 0 amide bonds. The summed E-state index contributed by atoms with van der Waals surface area (Å²) in [5.74, 6) is -2.76. The van der Waals surface area contributed by atoms with Crippen molar-refractivity contribution in [2.45, 2.75) is 63.8 Å². The molecule has 0 spiro atoms. The van der Waals surface area contributed by atoms with E-state index in [-0.39, 0.29) is 0 Å². The van der Waals surface area contributed by atoms with E-state index in [1.807, 2.05) is 6.20 Å². The van der Waals surface area contributed by atoms with E-state index in [1.165, 1.54) is 48.9 Å². The number of nitrogens with one attached hydrogen (secondary N) is 1. The summed E-state index contributed by atoms with van der Waals surface area (Å²) in [6, 6.07) is 9.84. The van der Waals surface area contributed by atoms with Crippen molar-refractivity contribution in [3.05, 3.63) is 47.8 Å². The number of carboxylic acid groups (broad SMARTS) is 1. The first-order valence-electron chi connectivity index (χ1n) is 11.7. The molecule has 188 valence electrons. The molecule has 2 fully saturated rings. The van der Waals surface area contributed by atoms with E-state index in [0.717, 1.165) is 32.8 Å². The van der Waals surface area contributed by atoms with E-state index >= 15 is 0 Å². The van der Waals surface area contributed by atoms with Gasteiger partial charge in [-0.2, -0.15) is 18.3 Å². The molecule has 10 heteroatoms. The number of halogens is 3. The van der Waals surface area contributed by atoms with Crippen LogP contribution in [0.25, 0.3) is 0 Å². The maximum absolute atomic E-state index is 10.6. The Morgan fingerprint density at radius 1 is 1.24 bits per heavy atom. The molecule has 1 atom stereocenters. The number of carbonyl (C=O) groups is 1. The molecule has 0 bridgehead atoms. The van der Waals surface area contributed by atoms with Crippen molar-refractivity contribution in [3.63, 3.8) is 0 Å². The number of anilines is 1. The van der Waals surface area contributed by atoms with Crippen LogP contribution in [-0.2, 0) is 16.1 Å². The molecule has 1 unspecified atom stereocenters. The number of benzene rings is 1. The third-order valence-electron chi connectivity index (χ3n) is 6.31. The van der Waals surface area contributed by atoms with Gasteiger partial charge in [0.15, 0.2) is 0 Å². The number of ether oxygens (including phenoxy) is 1. The molecular weight excluding hydrogens is 449 g/mol. The summed E-state index contributed by atoms with van der Waals surface area (Å²) in [7, 11) is 0. The van der Waals surface area contributed by atoms with Crippen molar-refractivity contribution in [3.8, 4) is 0 Å². The van der Waals surface area contributed by atoms with Crippen LogP contribution in [0.2, 0.25) is 0 Å². The number of carboxylic acids is 1. The summed E-state index contributed by atoms with van der Waals surface area (Å²) in [6.45, 7) is 6.82. The third kappa shape index (κ3) is 7.73. The maximum atomic E-state index is 10.6. The summed E-state index contributed by atoms with van der Waals surface area (Å²) < 4.78 is 39.4. The Balaban J connectivity index is 0.000000406. The highest BCUT2D eigenvalue weighted by atomic mass is 19.4. The van der Waals surface area contributed by atoms with Gasteiger partial charge in [0.1, 0.15) is 0 Å². The molecule has 1 saturated carbocycles. The monoisotopic (exact) mass is 482 g/mol. The molecule has 1 aromatic carbocycles. The molecular formula is C24H33F3N4O3. The molecule has 7 nitrogen and oxygen atoms in total. The quantitative estimate of drug-likeness (QED) is 0.602. The second kappa shape index (κ2) is 12.2. The van der Waals surface area contributed by atoms with Crippen LogP contribution in [0, 0.1) is 0 Å². The Bertz CT molecular complexity index is 907. The molecule has 2 heterocycles. The standard InChI is InChI=1S/C22H32N4O.C2HF3O2/c1-18(25-10-12-27-13-11-25)20-6-5-7-21(14-20)23-15-19-16-24-26(17-19)22-8-3-2-4-9-22;3-2(4,5)1(6)7/h5-7,14,16-18,22-23H,2-4,8-13,15H2,1H3;(H,6,7). The van der Waals surface area contributed by atoms with E-state index in [9.17, 15) is 13.2 Å². The van der Waals surface area contributed by atoms with Gasteiger partial charge in [0.05, 0.1) is 25.5 Å². The average Bonchev–Trinajstić information content (AvgIpc) is 3.33. The first kappa shape index (κ1) is 26.0. The Morgan fingerprint density at radius 3 is 2.56 bits per heavy atom. The van der Waals surface area contributed by atoms with Gasteiger partial charge in [-0.05, 0) is 37.5 Å². The molecule has 2 aliphatic rings. The largest absolute Gasteiger partial charge is 0.490 e. The zero-order valence-corrected chi connectivity index (χ0v) is 19.4. The Kier molecular flexibility index (Phi) is 9.35. The van der Waals surface area contributed by atoms with Gasteiger partial charge in [-0.1, -0.05) is 31.4 Å². The SMILES string of the molecule is CC(c1cccc(NCc2cnn(C3CCCCC3)c2)c1)N1CCOCC1.O=C(O)C(F)(F)F. The molecule has 4 rings (SSSR count). The fraction of sp³-hybridized carbons (Fsp3) is 0.583. The van der Waals surface area contributed by atoms with Gasteiger partial charge in [-0.3, -0.25) is 9.58 Å². The number of rotatable bonds is 6. The van der Waals surface area contributed by atoms with Crippen LogP contribution in [0.4, 0.5) is 18.9 Å². The Labute approximate surface area is 197 Å². The van der Waals surface area contributed by atoms with Crippen molar-refractivity contribution in [1.82, 2.24) is 14.7 Å². The van der Waals surface area contributed by atoms with Gasteiger partial charge in [0.25, 0.3) is 0 Å². The van der Waals surface area contributed by atoms with Crippen LogP contribution < -0.4 is 5.32 Å². The number of alkyl halides is 3. The molecule has 1 aromatic heterocycles. The summed E-state index contributed by atoms with van der Waals surface area (Å²) >= 11 is 0. The van der Waals surface area contributed by atoms with Crippen LogP contribution in [0.5, 0.6) is 0 Å². The minimum atomic E-state index is -5.08. The number of hydrogen-bond acceptors (Lipinski definition) is 5. The van der Waals surface area contributed by atoms with Crippen molar-refractivity contribution in [2.75, 3.05) is 31.6 Å². The van der Waals surface area contributed by atoms with E-state index in [0.29, 0.717) is 12.1 Å². The zero-order chi connectivity index (χ0) is 24.6. The lowest BCUT2D eigenvalue weighted by Gasteiger charge is -2.32. The molecule has 34 heavy (non-hydrogen) atoms. The average molecular weight is 483 g/mol. The molecule has 0 radical (unpaired) electrons. The Morgan fingerprint density at radius 2 is 1.91 bits per heavy atom. The summed E-state index contributed by atoms with van der Waals surface area (Å²) in [6.07, 6.45) is 5.76. The van der Waals surface area contributed by atoms with Crippen molar-refractivity contribution in [2.24, 2.45) is 0 Å². The topological polar surface area (TPSA) is 79.6 Å². The summed E-state index contributed by atoms with van der Waals surface area (Å²) in [5.41, 5.74) is 3.80. The lowest BCUT2D eigenvalue weighted by molar-refractivity contribution is -0.192. The highest BCUT2D eigenvalue weighted by Crippen LogP contribution is 2.28. The maximum Gasteiger partial charge on any atom is 0.490 e.